The number of nitrogens with zero attached hydrogens (tertiary/aromatic N) is 2. The highest BCUT2D eigenvalue weighted by molar-refractivity contribution is 7.89. The average molecular weight is 454 g/mol. The van der Waals surface area contributed by atoms with Crippen LogP contribution in [-0.2, 0) is 14.8 Å². The number of aromatic amines is 1. The van der Waals surface area contributed by atoms with Gasteiger partial charge in [0.15, 0.2) is 0 Å². The van der Waals surface area contributed by atoms with Gasteiger partial charge < -0.3 is 9.88 Å². The number of carbonyl (C=O) groups excluding carboxylic acids is 1. The van der Waals surface area contributed by atoms with Crippen LogP contribution in [0.25, 0.3) is 16.5 Å². The van der Waals surface area contributed by atoms with Crippen LogP contribution in [0.1, 0.15) is 24.8 Å². The molecule has 0 saturated carbocycles. The number of sulfonamides is 1. The molecule has 1 atom stereocenters. The number of fused-ring (bicyclic) bond motifs is 1. The van der Waals surface area contributed by atoms with Crippen molar-refractivity contribution in [2.24, 2.45) is 0 Å². The normalized spacial score (nSPS) is 20.0. The van der Waals surface area contributed by atoms with Gasteiger partial charge in [-0.15, -0.1) is 0 Å². The Labute approximate surface area is 186 Å². The zero-order valence-corrected chi connectivity index (χ0v) is 18.3. The van der Waals surface area contributed by atoms with Gasteiger partial charge >= 0.3 is 0 Å². The Balaban J connectivity index is 1.34. The van der Waals surface area contributed by atoms with Crippen LogP contribution in [0.3, 0.4) is 0 Å². The predicted molar refractivity (Wildman–Crippen MR) is 121 cm³/mol. The summed E-state index contributed by atoms with van der Waals surface area (Å²) < 4.78 is 40.7. The van der Waals surface area contributed by atoms with Crippen molar-refractivity contribution in [2.75, 3.05) is 19.6 Å². The summed E-state index contributed by atoms with van der Waals surface area (Å²) in [7, 11) is -3.86. The summed E-state index contributed by atoms with van der Waals surface area (Å²) in [5.41, 5.74) is 3.41. The Morgan fingerprint density at radius 2 is 1.84 bits per heavy atom. The topological polar surface area (TPSA) is 73.5 Å². The second-order valence-electron chi connectivity index (χ2n) is 8.24. The molecule has 2 aliphatic rings. The number of para-hydroxylation sites is 1. The maximum absolute atomic E-state index is 13.3. The number of carbonyl (C=O) groups is 1. The molecule has 1 N–H and O–H groups in total. The number of rotatable bonds is 4. The summed E-state index contributed by atoms with van der Waals surface area (Å²) in [6.45, 7) is 1.29. The number of nitrogens with one attached hydrogen (secondary N) is 1. The molecule has 0 radical (unpaired) electrons. The van der Waals surface area contributed by atoms with Gasteiger partial charge in [0.05, 0.1) is 4.90 Å². The van der Waals surface area contributed by atoms with Gasteiger partial charge in [-0.2, -0.15) is 4.31 Å². The number of aromatic nitrogens is 1. The van der Waals surface area contributed by atoms with Crippen LogP contribution in [0.5, 0.6) is 0 Å². The number of hydrogen-bond acceptors (Lipinski definition) is 3. The smallest absolute Gasteiger partial charge is 0.243 e. The molecule has 166 valence electrons. The minimum atomic E-state index is -3.86. The molecule has 1 aromatic heterocycles. The van der Waals surface area contributed by atoms with Crippen LogP contribution in [0.2, 0.25) is 0 Å². The van der Waals surface area contributed by atoms with Crippen molar-refractivity contribution >= 4 is 32.4 Å². The number of benzene rings is 2. The largest absolute Gasteiger partial charge is 0.361 e. The van der Waals surface area contributed by atoms with Crippen LogP contribution in [0, 0.1) is 5.82 Å². The highest BCUT2D eigenvalue weighted by Crippen LogP contribution is 2.31. The fraction of sp³-hybridized carbons (Fsp3) is 0.292. The first-order valence-electron chi connectivity index (χ1n) is 10.8. The van der Waals surface area contributed by atoms with Gasteiger partial charge in [0.1, 0.15) is 11.9 Å². The Hall–Kier alpha value is -2.97. The Morgan fingerprint density at radius 1 is 1.06 bits per heavy atom. The zero-order chi connectivity index (χ0) is 22.3. The van der Waals surface area contributed by atoms with E-state index < -0.39 is 21.9 Å². The van der Waals surface area contributed by atoms with E-state index >= 15 is 0 Å². The van der Waals surface area contributed by atoms with E-state index in [1.807, 2.05) is 24.4 Å². The van der Waals surface area contributed by atoms with Crippen molar-refractivity contribution in [3.05, 3.63) is 72.2 Å². The highest BCUT2D eigenvalue weighted by atomic mass is 32.2. The lowest BCUT2D eigenvalue weighted by Crippen LogP contribution is -2.48. The van der Waals surface area contributed by atoms with Gasteiger partial charge in [-0.1, -0.05) is 24.3 Å². The first kappa shape index (κ1) is 20.9. The Bertz CT molecular complexity index is 1300. The van der Waals surface area contributed by atoms with E-state index in [1.165, 1.54) is 22.0 Å². The van der Waals surface area contributed by atoms with E-state index in [1.54, 1.807) is 4.90 Å². The monoisotopic (exact) mass is 453 g/mol. The van der Waals surface area contributed by atoms with Crippen LogP contribution in [-0.4, -0.2) is 54.2 Å². The summed E-state index contributed by atoms with van der Waals surface area (Å²) in [6, 6.07) is 12.2. The van der Waals surface area contributed by atoms with E-state index in [0.717, 1.165) is 28.6 Å². The molecule has 8 heteroatoms. The SMILES string of the molecule is O=C(C1CCCN1S(=O)(=O)c1ccc(F)cc1)N1CC=C(c2c[nH]c3ccccc23)CC1. The zero-order valence-electron chi connectivity index (χ0n) is 17.5. The number of hydrogen-bond donors (Lipinski definition) is 1. The van der Waals surface area contributed by atoms with E-state index in [-0.39, 0.29) is 10.8 Å². The molecule has 1 saturated heterocycles. The molecule has 2 aliphatic heterocycles. The third-order valence-electron chi connectivity index (χ3n) is 6.36. The standard InChI is InChI=1S/C24H24FN3O3S/c25-18-7-9-19(10-8-18)32(30,31)28-13-3-6-23(28)24(29)27-14-11-17(12-15-27)21-16-26-22-5-2-1-4-20(21)22/h1-2,4-5,7-11,16,23,26H,3,6,12-15H2. The average Bonchev–Trinajstić information content (AvgIpc) is 3.47. The minimum Gasteiger partial charge on any atom is -0.361 e. The van der Waals surface area contributed by atoms with E-state index in [4.69, 9.17) is 0 Å². The van der Waals surface area contributed by atoms with Gasteiger partial charge in [0, 0.05) is 42.3 Å². The van der Waals surface area contributed by atoms with Crippen LogP contribution >= 0.6 is 0 Å². The van der Waals surface area contributed by atoms with E-state index in [0.29, 0.717) is 38.9 Å². The van der Waals surface area contributed by atoms with Gasteiger partial charge in [-0.3, -0.25) is 4.79 Å². The second kappa shape index (κ2) is 8.18. The van der Waals surface area contributed by atoms with Crippen molar-refractivity contribution in [1.29, 1.82) is 0 Å². The molecular weight excluding hydrogens is 429 g/mol. The van der Waals surface area contributed by atoms with E-state index in [2.05, 4.69) is 17.1 Å². The maximum Gasteiger partial charge on any atom is 0.243 e. The fourth-order valence-corrected chi connectivity index (χ4v) is 6.33. The molecule has 6 nitrogen and oxygen atoms in total. The first-order valence-corrected chi connectivity index (χ1v) is 12.2. The lowest BCUT2D eigenvalue weighted by Gasteiger charge is -2.32. The van der Waals surface area contributed by atoms with Crippen LogP contribution < -0.4 is 0 Å². The second-order valence-corrected chi connectivity index (χ2v) is 10.1. The van der Waals surface area contributed by atoms with Crippen molar-refractivity contribution in [3.63, 3.8) is 0 Å². The van der Waals surface area contributed by atoms with E-state index in [9.17, 15) is 17.6 Å². The molecule has 1 fully saturated rings. The summed E-state index contributed by atoms with van der Waals surface area (Å²) >= 11 is 0. The lowest BCUT2D eigenvalue weighted by molar-refractivity contribution is -0.134. The van der Waals surface area contributed by atoms with Gasteiger partial charge in [-0.25, -0.2) is 12.8 Å². The lowest BCUT2D eigenvalue weighted by atomic mass is 9.98. The van der Waals surface area contributed by atoms with Crippen molar-refractivity contribution in [1.82, 2.24) is 14.2 Å². The van der Waals surface area contributed by atoms with Crippen LogP contribution in [0.4, 0.5) is 4.39 Å². The summed E-state index contributed by atoms with van der Waals surface area (Å²) in [4.78, 5) is 18.3. The Kier molecular flexibility index (Phi) is 5.35. The van der Waals surface area contributed by atoms with Crippen molar-refractivity contribution < 1.29 is 17.6 Å². The molecular formula is C24H24FN3O3S. The predicted octanol–water partition coefficient (Wildman–Crippen LogP) is 3.78. The number of H-pyrrole nitrogens is 1. The molecule has 1 unspecified atom stereocenters. The molecule has 0 bridgehead atoms. The molecule has 1 amide bonds. The van der Waals surface area contributed by atoms with Gasteiger partial charge in [-0.05, 0) is 55.2 Å². The molecule has 0 spiro atoms. The quantitative estimate of drug-likeness (QED) is 0.654. The fourth-order valence-electron chi connectivity index (χ4n) is 4.68. The molecule has 3 heterocycles. The molecule has 32 heavy (non-hydrogen) atoms. The van der Waals surface area contributed by atoms with Crippen LogP contribution in [0.15, 0.2) is 65.7 Å². The number of amides is 1. The molecule has 0 aliphatic carbocycles. The molecule has 2 aromatic carbocycles. The minimum absolute atomic E-state index is 0.0127. The molecule has 3 aromatic rings. The Morgan fingerprint density at radius 3 is 2.59 bits per heavy atom. The summed E-state index contributed by atoms with van der Waals surface area (Å²) in [6.07, 6.45) is 5.90. The first-order chi connectivity index (χ1) is 15.4. The highest BCUT2D eigenvalue weighted by Gasteiger charge is 2.41. The van der Waals surface area contributed by atoms with Crippen molar-refractivity contribution in [3.8, 4) is 0 Å². The third kappa shape index (κ3) is 3.63. The van der Waals surface area contributed by atoms with Gasteiger partial charge in [0.25, 0.3) is 0 Å². The van der Waals surface area contributed by atoms with Crippen molar-refractivity contribution in [2.45, 2.75) is 30.2 Å². The summed E-state index contributed by atoms with van der Waals surface area (Å²) in [5, 5.41) is 1.16. The third-order valence-corrected chi connectivity index (χ3v) is 8.29. The number of halogens is 1. The maximum atomic E-state index is 13.3. The summed E-state index contributed by atoms with van der Waals surface area (Å²) in [5.74, 6) is -0.661. The van der Waals surface area contributed by atoms with Gasteiger partial charge in [0.2, 0.25) is 15.9 Å². The molecule has 5 rings (SSSR count).